The monoisotopic (exact) mass is 295 g/mol. The van der Waals surface area contributed by atoms with Crippen LogP contribution in [-0.4, -0.2) is 34.5 Å². The van der Waals surface area contributed by atoms with Crippen LogP contribution < -0.4 is 10.2 Å². The van der Waals surface area contributed by atoms with E-state index in [0.717, 1.165) is 13.0 Å². The van der Waals surface area contributed by atoms with E-state index in [1.54, 1.807) is 0 Å². The third-order valence-corrected chi connectivity index (χ3v) is 3.65. The maximum atomic E-state index is 11.2. The standard InChI is InChI=1S/C14H25N5O2/c1-7-8-15-13-16-9-11(19(20)21)12(17-13)18(6)10(2)14(3,4)5/h9-10H,7-8H2,1-6H3,(H,15,16,17). The van der Waals surface area contributed by atoms with Gasteiger partial charge in [-0.25, -0.2) is 4.98 Å². The molecule has 0 aliphatic carbocycles. The molecule has 1 atom stereocenters. The molecular weight excluding hydrogens is 270 g/mol. The van der Waals surface area contributed by atoms with Gasteiger partial charge in [0.1, 0.15) is 6.20 Å². The van der Waals surface area contributed by atoms with Crippen LogP contribution in [0.5, 0.6) is 0 Å². The fraction of sp³-hybridized carbons (Fsp3) is 0.714. The fourth-order valence-electron chi connectivity index (χ4n) is 1.84. The Bertz CT molecular complexity index is 499. The number of rotatable bonds is 6. The molecule has 1 unspecified atom stereocenters. The van der Waals surface area contributed by atoms with Gasteiger partial charge in [0, 0.05) is 19.6 Å². The smallest absolute Gasteiger partial charge is 0.329 e. The largest absolute Gasteiger partial charge is 0.354 e. The highest BCUT2D eigenvalue weighted by Crippen LogP contribution is 2.31. The van der Waals surface area contributed by atoms with E-state index in [9.17, 15) is 10.1 Å². The first kappa shape index (κ1) is 17.1. The Balaban J connectivity index is 3.19. The Morgan fingerprint density at radius 3 is 2.57 bits per heavy atom. The molecule has 0 spiro atoms. The number of hydrogen-bond donors (Lipinski definition) is 1. The first-order valence-electron chi connectivity index (χ1n) is 7.16. The lowest BCUT2D eigenvalue weighted by molar-refractivity contribution is -0.384. The summed E-state index contributed by atoms with van der Waals surface area (Å²) in [5, 5.41) is 14.3. The van der Waals surface area contributed by atoms with Crippen molar-refractivity contribution in [3.8, 4) is 0 Å². The van der Waals surface area contributed by atoms with E-state index in [4.69, 9.17) is 0 Å². The van der Waals surface area contributed by atoms with E-state index in [-0.39, 0.29) is 17.1 Å². The molecule has 1 aromatic heterocycles. The van der Waals surface area contributed by atoms with Crippen LogP contribution in [0.2, 0.25) is 0 Å². The summed E-state index contributed by atoms with van der Waals surface area (Å²) in [7, 11) is 1.83. The van der Waals surface area contributed by atoms with Crippen LogP contribution >= 0.6 is 0 Å². The topological polar surface area (TPSA) is 84.2 Å². The summed E-state index contributed by atoms with van der Waals surface area (Å²) in [6.45, 7) is 11.1. The van der Waals surface area contributed by atoms with Crippen LogP contribution in [0.4, 0.5) is 17.5 Å². The van der Waals surface area contributed by atoms with Crippen LogP contribution in [-0.2, 0) is 0 Å². The number of nitro groups is 1. The molecule has 0 aliphatic heterocycles. The molecule has 21 heavy (non-hydrogen) atoms. The number of nitrogens with one attached hydrogen (secondary N) is 1. The quantitative estimate of drug-likeness (QED) is 0.641. The van der Waals surface area contributed by atoms with E-state index in [1.165, 1.54) is 6.20 Å². The van der Waals surface area contributed by atoms with Gasteiger partial charge in [-0.1, -0.05) is 27.7 Å². The zero-order valence-corrected chi connectivity index (χ0v) is 13.7. The first-order valence-corrected chi connectivity index (χ1v) is 7.16. The summed E-state index contributed by atoms with van der Waals surface area (Å²) in [5.74, 6) is 0.765. The van der Waals surface area contributed by atoms with Gasteiger partial charge < -0.3 is 10.2 Å². The van der Waals surface area contributed by atoms with Gasteiger partial charge in [0.05, 0.1) is 4.92 Å². The second-order valence-electron chi connectivity index (χ2n) is 6.24. The van der Waals surface area contributed by atoms with Gasteiger partial charge in [-0.05, 0) is 18.8 Å². The van der Waals surface area contributed by atoms with Gasteiger partial charge in [-0.2, -0.15) is 4.98 Å². The minimum absolute atomic E-state index is 0.0232. The normalized spacial score (nSPS) is 12.9. The zero-order chi connectivity index (χ0) is 16.2. The summed E-state index contributed by atoms with van der Waals surface area (Å²) < 4.78 is 0. The van der Waals surface area contributed by atoms with Crippen molar-refractivity contribution >= 4 is 17.5 Å². The molecule has 0 aromatic carbocycles. The minimum Gasteiger partial charge on any atom is -0.354 e. The molecule has 0 amide bonds. The van der Waals surface area contributed by atoms with Gasteiger partial charge in [0.25, 0.3) is 0 Å². The lowest BCUT2D eigenvalue weighted by Crippen LogP contribution is -2.40. The molecule has 0 saturated carbocycles. The molecule has 0 radical (unpaired) electrons. The number of hydrogen-bond acceptors (Lipinski definition) is 6. The predicted octanol–water partition coefficient (Wildman–Crippen LogP) is 3.08. The van der Waals surface area contributed by atoms with Crippen molar-refractivity contribution in [3.63, 3.8) is 0 Å². The van der Waals surface area contributed by atoms with E-state index in [0.29, 0.717) is 11.8 Å². The van der Waals surface area contributed by atoms with E-state index in [1.807, 2.05) is 25.8 Å². The first-order chi connectivity index (χ1) is 9.68. The molecule has 118 valence electrons. The Kier molecular flexibility index (Phi) is 5.46. The Morgan fingerprint density at radius 2 is 2.10 bits per heavy atom. The molecule has 7 heteroatoms. The molecular formula is C14H25N5O2. The highest BCUT2D eigenvalue weighted by atomic mass is 16.6. The molecule has 0 aliphatic rings. The van der Waals surface area contributed by atoms with Crippen LogP contribution in [0.15, 0.2) is 6.20 Å². The van der Waals surface area contributed by atoms with Crippen LogP contribution in [0, 0.1) is 15.5 Å². The van der Waals surface area contributed by atoms with Crippen molar-refractivity contribution in [1.82, 2.24) is 9.97 Å². The van der Waals surface area contributed by atoms with Crippen LogP contribution in [0.25, 0.3) is 0 Å². The second-order valence-corrected chi connectivity index (χ2v) is 6.24. The number of anilines is 2. The molecule has 1 aromatic rings. The van der Waals surface area contributed by atoms with Gasteiger partial charge in [0.2, 0.25) is 11.8 Å². The lowest BCUT2D eigenvalue weighted by Gasteiger charge is -2.35. The average Bonchev–Trinajstić information content (AvgIpc) is 2.41. The predicted molar refractivity (Wildman–Crippen MR) is 84.8 cm³/mol. The minimum atomic E-state index is -0.440. The van der Waals surface area contributed by atoms with E-state index >= 15 is 0 Å². The van der Waals surface area contributed by atoms with Crippen LogP contribution in [0.1, 0.15) is 41.0 Å². The molecule has 0 bridgehead atoms. The van der Waals surface area contributed by atoms with Crippen LogP contribution in [0.3, 0.4) is 0 Å². The SMILES string of the molecule is CCCNc1ncc([N+](=O)[O-])c(N(C)C(C)C(C)(C)C)n1. The average molecular weight is 295 g/mol. The summed E-state index contributed by atoms with van der Waals surface area (Å²) in [5.41, 5.74) is -0.0967. The zero-order valence-electron chi connectivity index (χ0n) is 13.7. The summed E-state index contributed by atoms with van der Waals surface area (Å²) >= 11 is 0. The summed E-state index contributed by atoms with van der Waals surface area (Å²) in [6.07, 6.45) is 2.20. The molecule has 1 rings (SSSR count). The fourth-order valence-corrected chi connectivity index (χ4v) is 1.84. The molecule has 7 nitrogen and oxygen atoms in total. The van der Waals surface area contributed by atoms with Crippen molar-refractivity contribution < 1.29 is 4.92 Å². The van der Waals surface area contributed by atoms with Gasteiger partial charge in [-0.15, -0.1) is 0 Å². The molecule has 1 N–H and O–H groups in total. The Morgan fingerprint density at radius 1 is 1.48 bits per heavy atom. The summed E-state index contributed by atoms with van der Waals surface area (Å²) in [6, 6.07) is 0.0881. The Hall–Kier alpha value is -1.92. The third-order valence-electron chi connectivity index (χ3n) is 3.65. The molecule has 1 heterocycles. The van der Waals surface area contributed by atoms with Crippen molar-refractivity contribution in [2.45, 2.75) is 47.1 Å². The second kappa shape index (κ2) is 6.69. The van der Waals surface area contributed by atoms with Crippen molar-refractivity contribution in [2.24, 2.45) is 5.41 Å². The summed E-state index contributed by atoms with van der Waals surface area (Å²) in [4.78, 5) is 20.9. The van der Waals surface area contributed by atoms with Gasteiger partial charge in [0.15, 0.2) is 0 Å². The van der Waals surface area contributed by atoms with Gasteiger partial charge in [-0.3, -0.25) is 10.1 Å². The highest BCUT2D eigenvalue weighted by molar-refractivity contribution is 5.59. The van der Waals surface area contributed by atoms with Crippen molar-refractivity contribution in [3.05, 3.63) is 16.3 Å². The lowest BCUT2D eigenvalue weighted by atomic mass is 9.87. The third kappa shape index (κ3) is 4.27. The Labute approximate surface area is 125 Å². The van der Waals surface area contributed by atoms with Crippen molar-refractivity contribution in [2.75, 3.05) is 23.8 Å². The van der Waals surface area contributed by atoms with Crippen molar-refractivity contribution in [1.29, 1.82) is 0 Å². The van der Waals surface area contributed by atoms with Gasteiger partial charge >= 0.3 is 5.69 Å². The number of nitrogens with zero attached hydrogens (tertiary/aromatic N) is 4. The van der Waals surface area contributed by atoms with E-state index in [2.05, 4.69) is 36.1 Å². The number of aromatic nitrogens is 2. The maximum Gasteiger partial charge on any atom is 0.329 e. The molecule has 0 fully saturated rings. The van der Waals surface area contributed by atoms with E-state index < -0.39 is 4.92 Å². The highest BCUT2D eigenvalue weighted by Gasteiger charge is 2.29. The molecule has 0 saturated heterocycles. The maximum absolute atomic E-state index is 11.2.